The summed E-state index contributed by atoms with van der Waals surface area (Å²) < 4.78 is 1.60. The molecule has 0 saturated carbocycles. The maximum absolute atomic E-state index is 11.7. The van der Waals surface area contributed by atoms with Crippen molar-refractivity contribution >= 4 is 10.9 Å². The van der Waals surface area contributed by atoms with E-state index in [1.807, 2.05) is 37.3 Å². The first kappa shape index (κ1) is 11.6. The van der Waals surface area contributed by atoms with Crippen LogP contribution in [-0.2, 0) is 6.54 Å². The largest absolute Gasteiger partial charge is 0.347 e. The van der Waals surface area contributed by atoms with Gasteiger partial charge in [-0.25, -0.2) is 9.78 Å². The summed E-state index contributed by atoms with van der Waals surface area (Å²) in [6, 6.07) is 11.7. The molecule has 0 aliphatic rings. The van der Waals surface area contributed by atoms with Gasteiger partial charge in [-0.2, -0.15) is 0 Å². The van der Waals surface area contributed by atoms with Gasteiger partial charge in [0.25, 0.3) is 0 Å². The molecule has 4 nitrogen and oxygen atoms in total. The second-order valence-corrected chi connectivity index (χ2v) is 4.47. The van der Waals surface area contributed by atoms with Crippen LogP contribution in [0, 0.1) is 6.92 Å². The summed E-state index contributed by atoms with van der Waals surface area (Å²) in [6.45, 7) is 2.47. The van der Waals surface area contributed by atoms with Crippen molar-refractivity contribution in [3.05, 3.63) is 70.5 Å². The number of rotatable bonds is 2. The second-order valence-electron chi connectivity index (χ2n) is 4.47. The summed E-state index contributed by atoms with van der Waals surface area (Å²) in [5.41, 5.74) is 2.75. The zero-order valence-corrected chi connectivity index (χ0v) is 10.6. The van der Waals surface area contributed by atoms with Crippen LogP contribution in [0.15, 0.2) is 53.6 Å². The molecule has 4 heteroatoms. The molecule has 0 aliphatic carbocycles. The molecular weight excluding hydrogens is 238 g/mol. The van der Waals surface area contributed by atoms with Crippen LogP contribution in [0.3, 0.4) is 0 Å². The molecule has 0 radical (unpaired) electrons. The van der Waals surface area contributed by atoms with Gasteiger partial charge in [-0.3, -0.25) is 9.55 Å². The number of hydrogen-bond acceptors (Lipinski definition) is 3. The number of aromatic nitrogens is 3. The molecule has 1 aromatic carbocycles. The molecule has 3 aromatic rings. The normalized spacial score (nSPS) is 10.8. The fraction of sp³-hybridized carbons (Fsp3) is 0.133. The van der Waals surface area contributed by atoms with Crippen LogP contribution < -0.4 is 5.69 Å². The Bertz CT molecular complexity index is 792. The highest BCUT2D eigenvalue weighted by Crippen LogP contribution is 2.18. The van der Waals surface area contributed by atoms with Crippen molar-refractivity contribution in [2.75, 3.05) is 0 Å². The Morgan fingerprint density at radius 2 is 2.05 bits per heavy atom. The van der Waals surface area contributed by atoms with Gasteiger partial charge in [0.05, 0.1) is 12.1 Å². The third-order valence-electron chi connectivity index (χ3n) is 3.05. The van der Waals surface area contributed by atoms with Gasteiger partial charge in [0, 0.05) is 23.5 Å². The van der Waals surface area contributed by atoms with Crippen molar-refractivity contribution in [2.45, 2.75) is 13.5 Å². The lowest BCUT2D eigenvalue weighted by atomic mass is 10.1. The maximum Gasteiger partial charge on any atom is 0.347 e. The lowest BCUT2D eigenvalue weighted by Gasteiger charge is -2.09. The van der Waals surface area contributed by atoms with Gasteiger partial charge in [-0.15, -0.1) is 0 Å². The first-order valence-corrected chi connectivity index (χ1v) is 6.11. The van der Waals surface area contributed by atoms with E-state index in [2.05, 4.69) is 9.97 Å². The number of fused-ring (bicyclic) bond motifs is 1. The highest BCUT2D eigenvalue weighted by atomic mass is 16.1. The van der Waals surface area contributed by atoms with Crippen LogP contribution in [0.2, 0.25) is 0 Å². The molecule has 0 saturated heterocycles. The minimum absolute atomic E-state index is 0.235. The molecule has 0 spiro atoms. The fourth-order valence-electron chi connectivity index (χ4n) is 2.22. The quantitative estimate of drug-likeness (QED) is 0.701. The average Bonchev–Trinajstić information content (AvgIpc) is 2.41. The third-order valence-corrected chi connectivity index (χ3v) is 3.05. The fourth-order valence-corrected chi connectivity index (χ4v) is 2.22. The van der Waals surface area contributed by atoms with Gasteiger partial charge < -0.3 is 0 Å². The van der Waals surface area contributed by atoms with Gasteiger partial charge >= 0.3 is 5.69 Å². The van der Waals surface area contributed by atoms with Crippen LogP contribution in [0.4, 0.5) is 0 Å². The number of hydrogen-bond donors (Lipinski definition) is 0. The minimum Gasteiger partial charge on any atom is -0.295 e. The van der Waals surface area contributed by atoms with Crippen LogP contribution in [0.25, 0.3) is 10.9 Å². The van der Waals surface area contributed by atoms with Gasteiger partial charge in [-0.05, 0) is 30.7 Å². The van der Waals surface area contributed by atoms with Crippen molar-refractivity contribution in [1.82, 2.24) is 14.5 Å². The van der Waals surface area contributed by atoms with Crippen LogP contribution in [0.5, 0.6) is 0 Å². The summed E-state index contributed by atoms with van der Waals surface area (Å²) in [5.74, 6) is 0. The topological polar surface area (TPSA) is 47.8 Å². The van der Waals surface area contributed by atoms with E-state index in [1.54, 1.807) is 16.8 Å². The van der Waals surface area contributed by atoms with E-state index < -0.39 is 0 Å². The summed E-state index contributed by atoms with van der Waals surface area (Å²) >= 11 is 0. The molecule has 19 heavy (non-hydrogen) atoms. The molecule has 94 valence electrons. The monoisotopic (exact) mass is 251 g/mol. The number of pyridine rings is 1. The number of aryl methyl sites for hydroxylation is 1. The molecule has 3 rings (SSSR count). The number of benzene rings is 1. The minimum atomic E-state index is -0.235. The standard InChI is InChI=1S/C15H13N3O/c1-11-9-12(10-18-8-4-7-16-15(18)19)13-5-2-3-6-14(13)17-11/h2-9H,10H2,1H3. The Kier molecular flexibility index (Phi) is 2.83. The Morgan fingerprint density at radius 3 is 2.89 bits per heavy atom. The molecule has 0 aliphatic heterocycles. The maximum atomic E-state index is 11.7. The summed E-state index contributed by atoms with van der Waals surface area (Å²) in [6.07, 6.45) is 3.26. The molecule has 2 heterocycles. The molecule has 0 fully saturated rings. The van der Waals surface area contributed by atoms with Crippen LogP contribution in [-0.4, -0.2) is 14.5 Å². The number of nitrogens with zero attached hydrogens (tertiary/aromatic N) is 3. The van der Waals surface area contributed by atoms with E-state index in [0.717, 1.165) is 22.2 Å². The Hall–Kier alpha value is -2.49. The SMILES string of the molecule is Cc1cc(Cn2cccnc2=O)c2ccccc2n1. The highest BCUT2D eigenvalue weighted by Gasteiger charge is 2.05. The summed E-state index contributed by atoms with van der Waals surface area (Å²) in [4.78, 5) is 19.9. The van der Waals surface area contributed by atoms with Crippen LogP contribution in [0.1, 0.15) is 11.3 Å². The Morgan fingerprint density at radius 1 is 1.21 bits per heavy atom. The second kappa shape index (κ2) is 4.65. The van der Waals surface area contributed by atoms with E-state index in [1.165, 1.54) is 6.20 Å². The van der Waals surface area contributed by atoms with E-state index in [-0.39, 0.29) is 5.69 Å². The Balaban J connectivity index is 2.15. The van der Waals surface area contributed by atoms with Crippen molar-refractivity contribution in [3.8, 4) is 0 Å². The van der Waals surface area contributed by atoms with Crippen molar-refractivity contribution in [3.63, 3.8) is 0 Å². The van der Waals surface area contributed by atoms with E-state index >= 15 is 0 Å². The van der Waals surface area contributed by atoms with Gasteiger partial charge in [0.2, 0.25) is 0 Å². The predicted molar refractivity (Wildman–Crippen MR) is 74.1 cm³/mol. The molecular formula is C15H13N3O. The molecule has 0 bridgehead atoms. The molecule has 0 N–H and O–H groups in total. The van der Waals surface area contributed by atoms with Gasteiger partial charge in [0.15, 0.2) is 0 Å². The zero-order valence-electron chi connectivity index (χ0n) is 10.6. The van der Waals surface area contributed by atoms with Crippen LogP contribution >= 0.6 is 0 Å². The number of para-hydroxylation sites is 1. The van der Waals surface area contributed by atoms with E-state index in [9.17, 15) is 4.79 Å². The van der Waals surface area contributed by atoms with Crippen molar-refractivity contribution in [2.24, 2.45) is 0 Å². The summed E-state index contributed by atoms with van der Waals surface area (Å²) in [5, 5.41) is 1.07. The van der Waals surface area contributed by atoms with Gasteiger partial charge in [-0.1, -0.05) is 18.2 Å². The molecule has 0 atom stereocenters. The zero-order chi connectivity index (χ0) is 13.2. The van der Waals surface area contributed by atoms with Crippen molar-refractivity contribution < 1.29 is 0 Å². The van der Waals surface area contributed by atoms with E-state index in [0.29, 0.717) is 6.54 Å². The third kappa shape index (κ3) is 2.25. The molecule has 0 amide bonds. The van der Waals surface area contributed by atoms with Gasteiger partial charge in [0.1, 0.15) is 0 Å². The lowest BCUT2D eigenvalue weighted by molar-refractivity contribution is 0.729. The smallest absolute Gasteiger partial charge is 0.295 e. The first-order valence-electron chi connectivity index (χ1n) is 6.11. The lowest BCUT2D eigenvalue weighted by Crippen LogP contribution is -2.22. The molecule has 2 aromatic heterocycles. The average molecular weight is 251 g/mol. The highest BCUT2D eigenvalue weighted by molar-refractivity contribution is 5.82. The first-order chi connectivity index (χ1) is 9.24. The molecule has 0 unspecified atom stereocenters. The van der Waals surface area contributed by atoms with E-state index in [4.69, 9.17) is 0 Å². The summed E-state index contributed by atoms with van der Waals surface area (Å²) in [7, 11) is 0. The predicted octanol–water partition coefficient (Wildman–Crippen LogP) is 2.15. The van der Waals surface area contributed by atoms with Crippen molar-refractivity contribution in [1.29, 1.82) is 0 Å². The Labute approximate surface area is 110 Å².